The van der Waals surface area contributed by atoms with Gasteiger partial charge in [0.2, 0.25) is 5.91 Å². The van der Waals surface area contributed by atoms with Gasteiger partial charge in [-0.2, -0.15) is 0 Å². The summed E-state index contributed by atoms with van der Waals surface area (Å²) in [4.78, 5) is 15.1. The fourth-order valence-electron chi connectivity index (χ4n) is 2.66. The minimum atomic E-state index is 0.219. The lowest BCUT2D eigenvalue weighted by atomic mass is 9.85. The summed E-state index contributed by atoms with van der Waals surface area (Å²) in [5, 5.41) is 12.9. The predicted molar refractivity (Wildman–Crippen MR) is 81.1 cm³/mol. The van der Waals surface area contributed by atoms with Gasteiger partial charge in [0.1, 0.15) is 5.75 Å². The van der Waals surface area contributed by atoms with Crippen LogP contribution in [-0.4, -0.2) is 30.0 Å². The summed E-state index contributed by atoms with van der Waals surface area (Å²) in [5.41, 5.74) is 1.16. The van der Waals surface area contributed by atoms with Crippen molar-refractivity contribution in [3.8, 4) is 5.75 Å². The van der Waals surface area contributed by atoms with E-state index in [1.807, 2.05) is 12.1 Å². The predicted octanol–water partition coefficient (Wildman–Crippen LogP) is 2.57. The standard InChI is InChI=1S/C15H20N2O2S/c1-17-12-6-5-11(18)9-13(12)20-14(17)7-8-16-15(19)10-3-2-4-10/h5-6,9-10,14,18H,2-4,7-8H2,1H3,(H,16,19). The van der Waals surface area contributed by atoms with E-state index in [2.05, 4.69) is 17.3 Å². The molecule has 2 N–H and O–H groups in total. The van der Waals surface area contributed by atoms with Gasteiger partial charge in [0.15, 0.2) is 0 Å². The number of carbonyl (C=O) groups excluding carboxylic acids is 1. The Morgan fingerprint density at radius 2 is 2.30 bits per heavy atom. The molecule has 0 saturated heterocycles. The first-order chi connectivity index (χ1) is 9.65. The summed E-state index contributed by atoms with van der Waals surface area (Å²) in [5.74, 6) is 0.791. The first kappa shape index (κ1) is 13.6. The highest BCUT2D eigenvalue weighted by atomic mass is 32.2. The Morgan fingerprint density at radius 1 is 1.50 bits per heavy atom. The zero-order chi connectivity index (χ0) is 14.1. The molecule has 1 aromatic rings. The van der Waals surface area contributed by atoms with Crippen molar-refractivity contribution < 1.29 is 9.90 Å². The zero-order valence-corrected chi connectivity index (χ0v) is 12.4. The number of phenolic OH excluding ortho intramolecular Hbond substituents is 1. The Morgan fingerprint density at radius 3 is 3.00 bits per heavy atom. The van der Waals surface area contributed by atoms with E-state index in [0.29, 0.717) is 11.1 Å². The number of fused-ring (bicyclic) bond motifs is 1. The Bertz CT molecular complexity index is 517. The van der Waals surface area contributed by atoms with E-state index < -0.39 is 0 Å². The number of thioether (sulfide) groups is 1. The second-order valence-electron chi connectivity index (χ2n) is 5.54. The second-order valence-corrected chi connectivity index (χ2v) is 6.76. The third-order valence-electron chi connectivity index (χ3n) is 4.18. The first-order valence-electron chi connectivity index (χ1n) is 7.15. The number of nitrogens with zero attached hydrogens (tertiary/aromatic N) is 1. The minimum absolute atomic E-state index is 0.219. The van der Waals surface area contributed by atoms with Crippen molar-refractivity contribution >= 4 is 23.4 Å². The molecule has 20 heavy (non-hydrogen) atoms. The van der Waals surface area contributed by atoms with Crippen molar-refractivity contribution in [3.63, 3.8) is 0 Å². The molecule has 0 bridgehead atoms. The molecule has 4 nitrogen and oxygen atoms in total. The first-order valence-corrected chi connectivity index (χ1v) is 8.03. The van der Waals surface area contributed by atoms with Gasteiger partial charge in [-0.15, -0.1) is 0 Å². The van der Waals surface area contributed by atoms with Gasteiger partial charge in [-0.05, 0) is 37.5 Å². The normalized spacial score (nSPS) is 21.4. The van der Waals surface area contributed by atoms with Crippen LogP contribution in [0.2, 0.25) is 0 Å². The van der Waals surface area contributed by atoms with Crippen molar-refractivity contribution in [2.75, 3.05) is 18.5 Å². The number of amides is 1. The fourth-order valence-corrected chi connectivity index (χ4v) is 3.98. The quantitative estimate of drug-likeness (QED) is 0.895. The second kappa shape index (κ2) is 5.56. The third-order valence-corrected chi connectivity index (χ3v) is 5.59. The molecular weight excluding hydrogens is 272 g/mol. The number of hydrogen-bond acceptors (Lipinski definition) is 4. The van der Waals surface area contributed by atoms with E-state index in [1.165, 1.54) is 6.42 Å². The Balaban J connectivity index is 1.51. The largest absolute Gasteiger partial charge is 0.508 e. The van der Waals surface area contributed by atoms with E-state index >= 15 is 0 Å². The SMILES string of the molecule is CN1c2ccc(O)cc2SC1CCNC(=O)C1CCC1. The lowest BCUT2D eigenvalue weighted by Gasteiger charge is -2.25. The smallest absolute Gasteiger partial charge is 0.223 e. The van der Waals surface area contributed by atoms with Crippen LogP contribution >= 0.6 is 11.8 Å². The van der Waals surface area contributed by atoms with E-state index in [9.17, 15) is 9.90 Å². The lowest BCUT2D eigenvalue weighted by molar-refractivity contribution is -0.127. The highest BCUT2D eigenvalue weighted by Gasteiger charge is 2.28. The van der Waals surface area contributed by atoms with E-state index in [4.69, 9.17) is 0 Å². The average molecular weight is 292 g/mol. The van der Waals surface area contributed by atoms with Gasteiger partial charge in [0.05, 0.1) is 11.1 Å². The Kier molecular flexibility index (Phi) is 3.78. The molecule has 1 saturated carbocycles. The Labute approximate surface area is 123 Å². The molecule has 5 heteroatoms. The van der Waals surface area contributed by atoms with Crippen LogP contribution in [0.15, 0.2) is 23.1 Å². The van der Waals surface area contributed by atoms with Crippen molar-refractivity contribution in [2.45, 2.75) is 36.0 Å². The molecule has 0 aromatic heterocycles. The van der Waals surface area contributed by atoms with Crippen molar-refractivity contribution in [1.29, 1.82) is 0 Å². The maximum Gasteiger partial charge on any atom is 0.223 e. The molecular formula is C15H20N2O2S. The number of aromatic hydroxyl groups is 1. The number of anilines is 1. The Hall–Kier alpha value is -1.36. The van der Waals surface area contributed by atoms with Gasteiger partial charge in [-0.25, -0.2) is 0 Å². The van der Waals surface area contributed by atoms with Crippen LogP contribution in [0.1, 0.15) is 25.7 Å². The summed E-state index contributed by atoms with van der Waals surface area (Å²) in [6.45, 7) is 0.720. The summed E-state index contributed by atoms with van der Waals surface area (Å²) in [7, 11) is 2.06. The molecule has 1 unspecified atom stereocenters. The summed E-state index contributed by atoms with van der Waals surface area (Å²) >= 11 is 1.75. The van der Waals surface area contributed by atoms with Gasteiger partial charge in [0.25, 0.3) is 0 Å². The van der Waals surface area contributed by atoms with Crippen LogP contribution in [0.25, 0.3) is 0 Å². The van der Waals surface area contributed by atoms with Gasteiger partial charge >= 0.3 is 0 Å². The topological polar surface area (TPSA) is 52.6 Å². The van der Waals surface area contributed by atoms with Crippen molar-refractivity contribution in [3.05, 3.63) is 18.2 Å². The molecule has 0 radical (unpaired) electrons. The highest BCUT2D eigenvalue weighted by Crippen LogP contribution is 2.44. The van der Waals surface area contributed by atoms with Gasteiger partial charge < -0.3 is 15.3 Å². The van der Waals surface area contributed by atoms with Crippen LogP contribution in [0, 0.1) is 5.92 Å². The average Bonchev–Trinajstić information content (AvgIpc) is 2.63. The molecule has 2 aliphatic rings. The molecule has 1 heterocycles. The van der Waals surface area contributed by atoms with E-state index in [0.717, 1.165) is 36.4 Å². The molecule has 1 aliphatic heterocycles. The molecule has 1 aromatic carbocycles. The van der Waals surface area contributed by atoms with Crippen molar-refractivity contribution in [1.82, 2.24) is 5.32 Å². The van der Waals surface area contributed by atoms with Crippen molar-refractivity contribution in [2.24, 2.45) is 5.92 Å². The highest BCUT2D eigenvalue weighted by molar-refractivity contribution is 8.00. The molecule has 1 fully saturated rings. The number of phenols is 1. The minimum Gasteiger partial charge on any atom is -0.508 e. The molecule has 1 aliphatic carbocycles. The fraction of sp³-hybridized carbons (Fsp3) is 0.533. The van der Waals surface area contributed by atoms with Gasteiger partial charge in [-0.1, -0.05) is 18.2 Å². The van der Waals surface area contributed by atoms with Crippen LogP contribution < -0.4 is 10.2 Å². The molecule has 108 valence electrons. The monoisotopic (exact) mass is 292 g/mol. The lowest BCUT2D eigenvalue weighted by Crippen LogP contribution is -2.37. The van der Waals surface area contributed by atoms with Gasteiger partial charge in [-0.3, -0.25) is 4.79 Å². The number of nitrogens with one attached hydrogen (secondary N) is 1. The van der Waals surface area contributed by atoms with Crippen LogP contribution in [0.3, 0.4) is 0 Å². The maximum absolute atomic E-state index is 11.8. The maximum atomic E-state index is 11.8. The van der Waals surface area contributed by atoms with Crippen LogP contribution in [-0.2, 0) is 4.79 Å². The summed E-state index contributed by atoms with van der Waals surface area (Å²) in [6.07, 6.45) is 4.20. The zero-order valence-electron chi connectivity index (χ0n) is 11.6. The summed E-state index contributed by atoms with van der Waals surface area (Å²) in [6, 6.07) is 5.48. The van der Waals surface area contributed by atoms with E-state index in [1.54, 1.807) is 17.8 Å². The number of hydrogen-bond donors (Lipinski definition) is 2. The van der Waals surface area contributed by atoms with Crippen LogP contribution in [0.5, 0.6) is 5.75 Å². The third kappa shape index (κ3) is 2.59. The number of carbonyl (C=O) groups is 1. The number of benzene rings is 1. The molecule has 1 atom stereocenters. The summed E-state index contributed by atoms with van der Waals surface area (Å²) < 4.78 is 0. The molecule has 3 rings (SSSR count). The van der Waals surface area contributed by atoms with E-state index in [-0.39, 0.29) is 11.8 Å². The van der Waals surface area contributed by atoms with Crippen LogP contribution in [0.4, 0.5) is 5.69 Å². The molecule has 0 spiro atoms. The molecule has 1 amide bonds. The van der Waals surface area contributed by atoms with Gasteiger partial charge in [0, 0.05) is 24.4 Å². The number of rotatable bonds is 4.